The first-order chi connectivity index (χ1) is 9.36. The topological polar surface area (TPSA) is 67.3 Å². The van der Waals surface area contributed by atoms with Crippen LogP contribution in [0.4, 0.5) is 0 Å². The van der Waals surface area contributed by atoms with E-state index >= 15 is 0 Å². The average Bonchev–Trinajstić information content (AvgIpc) is 2.39. The molecule has 1 aromatic carbocycles. The molecular weight excluding hydrogens is 294 g/mol. The Hall–Kier alpha value is -1.37. The van der Waals surface area contributed by atoms with Crippen molar-refractivity contribution in [1.29, 1.82) is 0 Å². The summed E-state index contributed by atoms with van der Waals surface area (Å²) in [5, 5.41) is 9.38. The largest absolute Gasteiger partial charge is 0.387 e. The van der Waals surface area contributed by atoms with E-state index in [2.05, 4.69) is 4.98 Å². The van der Waals surface area contributed by atoms with Gasteiger partial charge in [-0.15, -0.1) is 0 Å². The minimum atomic E-state index is -3.16. The van der Waals surface area contributed by atoms with Gasteiger partial charge < -0.3 is 5.11 Å². The molecule has 6 heteroatoms. The minimum absolute atomic E-state index is 0.310. The predicted octanol–water partition coefficient (Wildman–Crippen LogP) is 2.69. The molecule has 0 saturated carbocycles. The van der Waals surface area contributed by atoms with Crippen LogP contribution in [0.15, 0.2) is 57.3 Å². The van der Waals surface area contributed by atoms with Crippen molar-refractivity contribution in [1.82, 2.24) is 4.98 Å². The molecule has 106 valence electrons. The van der Waals surface area contributed by atoms with Gasteiger partial charge in [0.2, 0.25) is 0 Å². The lowest BCUT2D eigenvalue weighted by Crippen LogP contribution is -1.96. The second kappa shape index (κ2) is 5.95. The number of hydrogen-bond acceptors (Lipinski definition) is 5. The molecule has 0 aliphatic carbocycles. The van der Waals surface area contributed by atoms with Crippen molar-refractivity contribution in [2.75, 3.05) is 6.26 Å². The Labute approximate surface area is 122 Å². The molecule has 1 aromatic heterocycles. The van der Waals surface area contributed by atoms with Gasteiger partial charge in [-0.25, -0.2) is 8.42 Å². The van der Waals surface area contributed by atoms with Gasteiger partial charge in [0.1, 0.15) is 0 Å². The van der Waals surface area contributed by atoms with E-state index in [0.29, 0.717) is 10.6 Å². The molecule has 0 radical (unpaired) electrons. The van der Waals surface area contributed by atoms with Crippen LogP contribution in [0.3, 0.4) is 0 Å². The van der Waals surface area contributed by atoms with Crippen LogP contribution >= 0.6 is 11.8 Å². The van der Waals surface area contributed by atoms with Gasteiger partial charge in [0, 0.05) is 22.2 Å². The van der Waals surface area contributed by atoms with Gasteiger partial charge in [-0.3, -0.25) is 4.98 Å². The summed E-state index contributed by atoms with van der Waals surface area (Å²) in [6.07, 6.45) is 2.30. The predicted molar refractivity (Wildman–Crippen MR) is 78.5 cm³/mol. The Kier molecular flexibility index (Phi) is 4.47. The van der Waals surface area contributed by atoms with E-state index < -0.39 is 15.9 Å². The number of pyridine rings is 1. The second-order valence-corrected chi connectivity index (χ2v) is 7.60. The van der Waals surface area contributed by atoms with Crippen LogP contribution in [0.25, 0.3) is 0 Å². The third-order valence-electron chi connectivity index (χ3n) is 2.67. The molecule has 1 atom stereocenters. The number of rotatable bonds is 4. The Morgan fingerprint density at radius 2 is 1.70 bits per heavy atom. The van der Waals surface area contributed by atoms with Gasteiger partial charge in [0.15, 0.2) is 9.84 Å². The summed E-state index contributed by atoms with van der Waals surface area (Å²) in [7, 11) is -3.16. The van der Waals surface area contributed by atoms with Crippen LogP contribution < -0.4 is 0 Å². The summed E-state index contributed by atoms with van der Waals surface area (Å²) >= 11 is 1.49. The van der Waals surface area contributed by atoms with Crippen LogP contribution in [0.1, 0.15) is 18.7 Å². The van der Waals surface area contributed by atoms with Crippen molar-refractivity contribution in [2.45, 2.75) is 27.7 Å². The highest BCUT2D eigenvalue weighted by Crippen LogP contribution is 2.28. The van der Waals surface area contributed by atoms with Gasteiger partial charge in [-0.1, -0.05) is 11.8 Å². The van der Waals surface area contributed by atoms with E-state index in [4.69, 9.17) is 0 Å². The number of nitrogens with zero attached hydrogens (tertiary/aromatic N) is 1. The zero-order valence-corrected chi connectivity index (χ0v) is 12.8. The first-order valence-corrected chi connectivity index (χ1v) is 8.69. The summed E-state index contributed by atoms with van der Waals surface area (Å²) in [6.45, 7) is 1.67. The van der Waals surface area contributed by atoms with Crippen molar-refractivity contribution in [3.05, 3.63) is 48.3 Å². The maximum Gasteiger partial charge on any atom is 0.175 e. The highest BCUT2D eigenvalue weighted by Gasteiger charge is 2.07. The fourth-order valence-electron chi connectivity index (χ4n) is 1.59. The fraction of sp³-hybridized carbons (Fsp3) is 0.214. The third-order valence-corrected chi connectivity index (χ3v) is 4.79. The molecular formula is C14H15NO3S2. The van der Waals surface area contributed by atoms with E-state index in [1.807, 2.05) is 6.07 Å². The molecule has 1 heterocycles. The van der Waals surface area contributed by atoms with Crippen molar-refractivity contribution >= 4 is 21.6 Å². The fourth-order valence-corrected chi connectivity index (χ4v) is 3.01. The Morgan fingerprint density at radius 1 is 1.10 bits per heavy atom. The molecule has 4 nitrogen and oxygen atoms in total. The van der Waals surface area contributed by atoms with E-state index in [0.717, 1.165) is 9.79 Å². The number of benzene rings is 1. The molecule has 20 heavy (non-hydrogen) atoms. The minimum Gasteiger partial charge on any atom is -0.387 e. The summed E-state index contributed by atoms with van der Waals surface area (Å²) in [5.41, 5.74) is 0.627. The SMILES string of the molecule is CC(O)c1ccc(Sc2ccc(S(C)(=O)=O)cc2)cn1. The highest BCUT2D eigenvalue weighted by atomic mass is 32.2. The third kappa shape index (κ3) is 3.82. The quantitative estimate of drug-likeness (QED) is 0.940. The molecule has 1 N–H and O–H groups in total. The van der Waals surface area contributed by atoms with Crippen molar-refractivity contribution in [2.24, 2.45) is 0 Å². The molecule has 0 aliphatic heterocycles. The van der Waals surface area contributed by atoms with E-state index in [-0.39, 0.29) is 0 Å². The first kappa shape index (κ1) is 15.0. The maximum atomic E-state index is 11.4. The van der Waals surface area contributed by atoms with Gasteiger partial charge in [-0.05, 0) is 43.3 Å². The van der Waals surface area contributed by atoms with Gasteiger partial charge >= 0.3 is 0 Å². The van der Waals surface area contributed by atoms with Crippen LogP contribution in [-0.4, -0.2) is 24.8 Å². The lowest BCUT2D eigenvalue weighted by molar-refractivity contribution is 0.194. The summed E-state index contributed by atoms with van der Waals surface area (Å²) in [5.74, 6) is 0. The van der Waals surface area contributed by atoms with E-state index in [9.17, 15) is 13.5 Å². The molecule has 0 amide bonds. The number of aliphatic hydroxyl groups excluding tert-OH is 1. The Morgan fingerprint density at radius 3 is 2.15 bits per heavy atom. The normalized spacial score (nSPS) is 13.2. The van der Waals surface area contributed by atoms with Gasteiger partial charge in [0.05, 0.1) is 16.7 Å². The molecule has 0 saturated heterocycles. The standard InChI is InChI=1S/C14H15NO3S2/c1-10(16)14-8-5-12(9-15-14)19-11-3-6-13(7-4-11)20(2,17)18/h3-10,16H,1-2H3. The maximum absolute atomic E-state index is 11.4. The summed E-state index contributed by atoms with van der Waals surface area (Å²) < 4.78 is 22.7. The van der Waals surface area contributed by atoms with Crippen LogP contribution in [-0.2, 0) is 9.84 Å². The van der Waals surface area contributed by atoms with E-state index in [1.54, 1.807) is 43.5 Å². The van der Waals surface area contributed by atoms with Crippen LogP contribution in [0, 0.1) is 0 Å². The van der Waals surface area contributed by atoms with Crippen molar-refractivity contribution < 1.29 is 13.5 Å². The molecule has 2 aromatic rings. The Bertz CT molecular complexity index is 677. The van der Waals surface area contributed by atoms with E-state index in [1.165, 1.54) is 18.0 Å². The number of aromatic nitrogens is 1. The van der Waals surface area contributed by atoms with Gasteiger partial charge in [0.25, 0.3) is 0 Å². The lowest BCUT2D eigenvalue weighted by Gasteiger charge is -2.06. The molecule has 1 unspecified atom stereocenters. The highest BCUT2D eigenvalue weighted by molar-refractivity contribution is 7.99. The van der Waals surface area contributed by atoms with Crippen molar-refractivity contribution in [3.63, 3.8) is 0 Å². The number of sulfone groups is 1. The molecule has 2 rings (SSSR count). The number of aliphatic hydroxyl groups is 1. The summed E-state index contributed by atoms with van der Waals surface area (Å²) in [6, 6.07) is 10.4. The van der Waals surface area contributed by atoms with Crippen molar-refractivity contribution in [3.8, 4) is 0 Å². The lowest BCUT2D eigenvalue weighted by atomic mass is 10.2. The number of hydrogen-bond donors (Lipinski definition) is 1. The monoisotopic (exact) mass is 309 g/mol. The second-order valence-electron chi connectivity index (χ2n) is 4.44. The molecule has 0 aliphatic rings. The molecule has 0 bridgehead atoms. The zero-order valence-electron chi connectivity index (χ0n) is 11.1. The Balaban J connectivity index is 2.14. The smallest absolute Gasteiger partial charge is 0.175 e. The summed E-state index contributed by atoms with van der Waals surface area (Å²) in [4.78, 5) is 6.34. The molecule has 0 fully saturated rings. The van der Waals surface area contributed by atoms with Crippen LogP contribution in [0.2, 0.25) is 0 Å². The van der Waals surface area contributed by atoms with Crippen LogP contribution in [0.5, 0.6) is 0 Å². The molecule has 0 spiro atoms. The average molecular weight is 309 g/mol. The zero-order chi connectivity index (χ0) is 14.8. The van der Waals surface area contributed by atoms with Gasteiger partial charge in [-0.2, -0.15) is 0 Å². The first-order valence-electron chi connectivity index (χ1n) is 5.98.